The van der Waals surface area contributed by atoms with E-state index in [9.17, 15) is 27.6 Å². The Kier molecular flexibility index (Phi) is 7.09. The van der Waals surface area contributed by atoms with Gasteiger partial charge in [-0.1, -0.05) is 32.1 Å². The van der Waals surface area contributed by atoms with Gasteiger partial charge in [0.05, 0.1) is 16.7 Å². The summed E-state index contributed by atoms with van der Waals surface area (Å²) < 4.78 is 26.6. The molecule has 2 atom stereocenters. The number of rotatable bonds is 7. The van der Waals surface area contributed by atoms with E-state index in [1.54, 1.807) is 13.8 Å². The van der Waals surface area contributed by atoms with Crippen LogP contribution in [-0.2, 0) is 24.4 Å². The van der Waals surface area contributed by atoms with Gasteiger partial charge in [0.25, 0.3) is 11.8 Å². The molecule has 2 N–H and O–H groups in total. The van der Waals surface area contributed by atoms with E-state index < -0.39 is 40.2 Å². The third kappa shape index (κ3) is 4.58. The lowest BCUT2D eigenvalue weighted by molar-refractivity contribution is -0.143. The van der Waals surface area contributed by atoms with Crippen molar-refractivity contribution in [1.29, 1.82) is 0 Å². The normalized spacial score (nSPS) is 20.4. The fraction of sp³-hybridized carbons (Fsp3) is 0.429. The maximum atomic E-state index is 12.6. The molecule has 1 aromatic carbocycles. The highest BCUT2D eigenvalue weighted by molar-refractivity contribution is 7.89. The number of likely N-dealkylation sites (tertiary alicyclic amines) is 1. The summed E-state index contributed by atoms with van der Waals surface area (Å²) in [5.41, 5.74) is 4.40. The van der Waals surface area contributed by atoms with E-state index in [-0.39, 0.29) is 35.4 Å². The third-order valence-corrected chi connectivity index (χ3v) is 7.70. The van der Waals surface area contributed by atoms with E-state index in [2.05, 4.69) is 10.9 Å². The van der Waals surface area contributed by atoms with Crippen molar-refractivity contribution in [1.82, 2.24) is 20.1 Å². The van der Waals surface area contributed by atoms with E-state index in [1.807, 2.05) is 12.2 Å². The minimum absolute atomic E-state index is 0.0314. The highest BCUT2D eigenvalue weighted by Crippen LogP contribution is 2.34. The molecule has 1 aliphatic heterocycles. The predicted octanol–water partition coefficient (Wildman–Crippen LogP) is 0.429. The molecule has 2 unspecified atom stereocenters. The van der Waals surface area contributed by atoms with E-state index in [4.69, 9.17) is 0 Å². The van der Waals surface area contributed by atoms with E-state index >= 15 is 0 Å². The third-order valence-electron chi connectivity index (χ3n) is 5.66. The van der Waals surface area contributed by atoms with E-state index in [0.717, 1.165) is 4.90 Å². The lowest BCUT2D eigenvalue weighted by Gasteiger charge is -2.18. The Hall–Kier alpha value is -3.05. The van der Waals surface area contributed by atoms with Crippen LogP contribution in [0.3, 0.4) is 0 Å². The van der Waals surface area contributed by atoms with Crippen LogP contribution < -0.4 is 10.9 Å². The average Bonchev–Trinajstić information content (AvgIpc) is 3.03. The van der Waals surface area contributed by atoms with Gasteiger partial charge in [-0.3, -0.25) is 34.9 Å². The quantitative estimate of drug-likeness (QED) is 0.343. The molecule has 10 nitrogen and oxygen atoms in total. The summed E-state index contributed by atoms with van der Waals surface area (Å²) in [5, 5.41) is 0. The zero-order valence-electron chi connectivity index (χ0n) is 17.9. The number of carbonyl (C=O) groups excluding carboxylic acids is 4. The van der Waals surface area contributed by atoms with Crippen molar-refractivity contribution in [2.24, 2.45) is 11.8 Å². The van der Waals surface area contributed by atoms with Gasteiger partial charge in [-0.05, 0) is 31.0 Å². The molecular formula is C21H26N4O6S. The van der Waals surface area contributed by atoms with Crippen molar-refractivity contribution in [3.63, 3.8) is 0 Å². The first-order valence-electron chi connectivity index (χ1n) is 10.4. The molecule has 3 rings (SSSR count). The molecule has 1 fully saturated rings. The Bertz CT molecular complexity index is 1040. The second-order valence-electron chi connectivity index (χ2n) is 7.54. The number of allylic oxidation sites excluding steroid dienone is 2. The zero-order valence-corrected chi connectivity index (χ0v) is 18.7. The maximum Gasteiger partial charge on any atom is 0.269 e. The second kappa shape index (κ2) is 9.61. The maximum absolute atomic E-state index is 12.6. The van der Waals surface area contributed by atoms with Crippen LogP contribution in [0.25, 0.3) is 0 Å². The monoisotopic (exact) mass is 462 g/mol. The highest BCUT2D eigenvalue weighted by Gasteiger charge is 2.47. The summed E-state index contributed by atoms with van der Waals surface area (Å²) >= 11 is 0. The van der Waals surface area contributed by atoms with Gasteiger partial charge in [0.1, 0.15) is 6.54 Å². The molecule has 4 amide bonds. The Morgan fingerprint density at radius 1 is 1.03 bits per heavy atom. The Balaban J connectivity index is 1.61. The SMILES string of the molecule is CCN(CC)S(=O)(=O)c1cccc(C(=O)NNC(=O)CN2C(=O)C3CC=CCC3C2=O)c1. The number of benzene rings is 1. The number of nitrogens with zero attached hydrogens (tertiary/aromatic N) is 2. The Morgan fingerprint density at radius 3 is 2.19 bits per heavy atom. The average molecular weight is 463 g/mol. The molecule has 0 bridgehead atoms. The topological polar surface area (TPSA) is 133 Å². The van der Waals surface area contributed by atoms with E-state index in [1.165, 1.54) is 28.6 Å². The van der Waals surface area contributed by atoms with Crippen molar-refractivity contribution in [3.05, 3.63) is 42.0 Å². The molecule has 0 aromatic heterocycles. The van der Waals surface area contributed by atoms with Crippen molar-refractivity contribution < 1.29 is 27.6 Å². The molecule has 32 heavy (non-hydrogen) atoms. The molecule has 0 radical (unpaired) electrons. The molecule has 1 aromatic rings. The largest absolute Gasteiger partial charge is 0.274 e. The first kappa shape index (κ1) is 23.6. The Morgan fingerprint density at radius 2 is 1.62 bits per heavy atom. The molecule has 172 valence electrons. The van der Waals surface area contributed by atoms with Gasteiger partial charge in [0, 0.05) is 18.7 Å². The number of hydrazine groups is 1. The van der Waals surface area contributed by atoms with Gasteiger partial charge in [0.2, 0.25) is 21.8 Å². The van der Waals surface area contributed by atoms with Gasteiger partial charge >= 0.3 is 0 Å². The summed E-state index contributed by atoms with van der Waals surface area (Å²) in [6.07, 6.45) is 4.64. The van der Waals surface area contributed by atoms with Crippen molar-refractivity contribution >= 4 is 33.7 Å². The standard InChI is InChI=1S/C21H26N4O6S/c1-3-24(4-2)32(30,31)15-9-7-8-14(12-15)19(27)23-22-18(26)13-25-20(28)16-10-5-6-11-17(16)21(25)29/h5-9,12,16-17H,3-4,10-11,13H2,1-2H3,(H,22,26)(H,23,27). The number of hydrogen-bond acceptors (Lipinski definition) is 6. The van der Waals surface area contributed by atoms with E-state index in [0.29, 0.717) is 12.8 Å². The van der Waals surface area contributed by atoms with Gasteiger partial charge in [-0.25, -0.2) is 8.42 Å². The number of nitrogens with one attached hydrogen (secondary N) is 2. The van der Waals surface area contributed by atoms with Crippen molar-refractivity contribution in [2.45, 2.75) is 31.6 Å². The number of carbonyl (C=O) groups is 4. The van der Waals surface area contributed by atoms with Crippen molar-refractivity contribution in [2.75, 3.05) is 19.6 Å². The van der Waals surface area contributed by atoms with Crippen LogP contribution in [0.1, 0.15) is 37.0 Å². The highest BCUT2D eigenvalue weighted by atomic mass is 32.2. The van der Waals surface area contributed by atoms with Crippen LogP contribution in [0.4, 0.5) is 0 Å². The molecule has 0 saturated carbocycles. The van der Waals surface area contributed by atoms with Crippen molar-refractivity contribution in [3.8, 4) is 0 Å². The van der Waals surface area contributed by atoms with Crippen LogP contribution in [0, 0.1) is 11.8 Å². The minimum atomic E-state index is -3.75. The smallest absolute Gasteiger partial charge is 0.269 e. The fourth-order valence-corrected chi connectivity index (χ4v) is 5.42. The van der Waals surface area contributed by atoms with Gasteiger partial charge < -0.3 is 0 Å². The van der Waals surface area contributed by atoms with Crippen LogP contribution in [0.5, 0.6) is 0 Å². The van der Waals surface area contributed by atoms with Gasteiger partial charge in [-0.15, -0.1) is 0 Å². The summed E-state index contributed by atoms with van der Waals surface area (Å²) in [4.78, 5) is 50.4. The molecule has 1 aliphatic carbocycles. The minimum Gasteiger partial charge on any atom is -0.274 e. The predicted molar refractivity (Wildman–Crippen MR) is 114 cm³/mol. The first-order chi connectivity index (χ1) is 15.2. The Labute approximate surface area is 186 Å². The summed E-state index contributed by atoms with van der Waals surface area (Å²) in [5.74, 6) is -3.12. The molecular weight excluding hydrogens is 436 g/mol. The molecule has 2 aliphatic rings. The fourth-order valence-electron chi connectivity index (χ4n) is 3.92. The van der Waals surface area contributed by atoms with Gasteiger partial charge in [0.15, 0.2) is 0 Å². The molecule has 1 heterocycles. The lowest BCUT2D eigenvalue weighted by atomic mass is 9.85. The van der Waals surface area contributed by atoms with Crippen LogP contribution in [0.2, 0.25) is 0 Å². The molecule has 11 heteroatoms. The second-order valence-corrected chi connectivity index (χ2v) is 9.48. The number of imide groups is 1. The first-order valence-corrected chi connectivity index (χ1v) is 11.8. The molecule has 0 spiro atoms. The van der Waals surface area contributed by atoms with Crippen LogP contribution >= 0.6 is 0 Å². The molecule has 1 saturated heterocycles. The number of fused-ring (bicyclic) bond motifs is 1. The number of sulfonamides is 1. The zero-order chi connectivity index (χ0) is 23.5. The van der Waals surface area contributed by atoms with Crippen LogP contribution in [-0.4, -0.2) is 60.9 Å². The summed E-state index contributed by atoms with van der Waals surface area (Å²) in [6, 6.07) is 5.46. The summed E-state index contributed by atoms with van der Waals surface area (Å²) in [7, 11) is -3.75. The lowest BCUT2D eigenvalue weighted by Crippen LogP contribution is -2.48. The number of amides is 4. The number of hydrogen-bond donors (Lipinski definition) is 2. The summed E-state index contributed by atoms with van der Waals surface area (Å²) in [6.45, 7) is 3.51. The van der Waals surface area contributed by atoms with Crippen LogP contribution in [0.15, 0.2) is 41.3 Å². The van der Waals surface area contributed by atoms with Gasteiger partial charge in [-0.2, -0.15) is 4.31 Å².